The van der Waals surface area contributed by atoms with Crippen molar-refractivity contribution < 1.29 is 19.4 Å². The second-order valence-corrected chi connectivity index (χ2v) is 14.4. The van der Waals surface area contributed by atoms with Crippen molar-refractivity contribution in [2.24, 2.45) is 17.3 Å². The molecule has 5 rings (SSSR count). The number of aromatic carboxylic acids is 1. The smallest absolute Gasteiger partial charge is 0.348 e. The molecule has 0 bridgehead atoms. The molecule has 3 aliphatic rings. The minimum absolute atomic E-state index is 0.0360. The maximum absolute atomic E-state index is 14.2. The number of carbonyl (C=O) groups is 2. The number of amides is 1. The van der Waals surface area contributed by atoms with E-state index in [0.29, 0.717) is 16.5 Å². The zero-order valence-electron chi connectivity index (χ0n) is 25.5. The molecule has 1 amide bonds. The van der Waals surface area contributed by atoms with E-state index in [1.54, 1.807) is 0 Å². The number of pyridine rings is 1. The fraction of sp³-hybridized carbons (Fsp3) is 0.618. The lowest BCUT2D eigenvalue weighted by Gasteiger charge is -2.39. The van der Waals surface area contributed by atoms with E-state index < -0.39 is 5.97 Å². The molecule has 3 fully saturated rings. The first-order valence-electron chi connectivity index (χ1n) is 15.7. The summed E-state index contributed by atoms with van der Waals surface area (Å²) in [5.74, 6) is 7.80. The fourth-order valence-corrected chi connectivity index (χ4v) is 7.31. The summed E-state index contributed by atoms with van der Waals surface area (Å²) in [6.45, 7) is 10.4. The van der Waals surface area contributed by atoms with Gasteiger partial charge in [-0.1, -0.05) is 18.8 Å². The molecule has 8 heteroatoms. The summed E-state index contributed by atoms with van der Waals surface area (Å²) in [5.41, 5.74) is 0.311. The summed E-state index contributed by atoms with van der Waals surface area (Å²) >= 11 is 1.18. The Kier molecular flexibility index (Phi) is 9.47. The lowest BCUT2D eigenvalue weighted by Crippen LogP contribution is -2.47. The van der Waals surface area contributed by atoms with Crippen LogP contribution in [0.25, 0.3) is 0 Å². The number of carboxylic acid groups (broad SMARTS) is 1. The van der Waals surface area contributed by atoms with Crippen LogP contribution in [-0.4, -0.2) is 47.2 Å². The zero-order chi connectivity index (χ0) is 29.9. The predicted molar refractivity (Wildman–Crippen MR) is 169 cm³/mol. The van der Waals surface area contributed by atoms with Crippen molar-refractivity contribution in [2.45, 2.75) is 104 Å². The van der Waals surface area contributed by atoms with Gasteiger partial charge in [0.05, 0.1) is 16.7 Å². The van der Waals surface area contributed by atoms with E-state index in [0.717, 1.165) is 76.0 Å². The van der Waals surface area contributed by atoms with Crippen LogP contribution in [0.3, 0.4) is 0 Å². The van der Waals surface area contributed by atoms with Gasteiger partial charge in [0.15, 0.2) is 11.6 Å². The Balaban J connectivity index is 1.38. The number of thiophene rings is 1. The summed E-state index contributed by atoms with van der Waals surface area (Å²) in [4.78, 5) is 36.4. The molecule has 0 spiro atoms. The Labute approximate surface area is 254 Å². The highest BCUT2D eigenvalue weighted by molar-refractivity contribution is 7.15. The van der Waals surface area contributed by atoms with Crippen LogP contribution in [0.5, 0.6) is 5.75 Å². The van der Waals surface area contributed by atoms with Gasteiger partial charge in [0, 0.05) is 36.7 Å². The molecule has 7 nitrogen and oxygen atoms in total. The molecule has 1 aliphatic heterocycles. The van der Waals surface area contributed by atoms with Gasteiger partial charge < -0.3 is 19.6 Å². The Morgan fingerprint density at radius 3 is 2.40 bits per heavy atom. The molecule has 0 aromatic carbocycles. The van der Waals surface area contributed by atoms with E-state index in [-0.39, 0.29) is 34.3 Å². The van der Waals surface area contributed by atoms with Gasteiger partial charge in [0.25, 0.3) is 0 Å². The summed E-state index contributed by atoms with van der Waals surface area (Å²) in [7, 11) is 0. The molecule has 1 saturated heterocycles. The lowest BCUT2D eigenvalue weighted by molar-refractivity contribution is -0.124. The normalized spacial score (nSPS) is 24.5. The number of anilines is 2. The summed E-state index contributed by atoms with van der Waals surface area (Å²) in [6, 6.07) is 5.71. The van der Waals surface area contributed by atoms with Crippen LogP contribution in [0.1, 0.15) is 106 Å². The van der Waals surface area contributed by atoms with Gasteiger partial charge >= 0.3 is 5.97 Å². The van der Waals surface area contributed by atoms with Crippen molar-refractivity contribution in [1.29, 1.82) is 0 Å². The minimum atomic E-state index is -1.00. The second-order valence-electron chi connectivity index (χ2n) is 13.4. The van der Waals surface area contributed by atoms with E-state index in [2.05, 4.69) is 28.6 Å². The first-order chi connectivity index (χ1) is 20.1. The SMILES string of the molecule is CC1CCC(C(=O)N(c2cc(C#CC(C)(C)C)sc2C(=O)O)C2CCC(Oc3cccnc3N3CCCC3)CC2)CC1. The van der Waals surface area contributed by atoms with Gasteiger partial charge in [0.1, 0.15) is 4.88 Å². The molecule has 42 heavy (non-hydrogen) atoms. The highest BCUT2D eigenvalue weighted by atomic mass is 32.1. The molecule has 0 radical (unpaired) electrons. The Bertz CT molecular complexity index is 1310. The number of aromatic nitrogens is 1. The summed E-state index contributed by atoms with van der Waals surface area (Å²) in [6.07, 6.45) is 11.1. The van der Waals surface area contributed by atoms with Crippen molar-refractivity contribution in [1.82, 2.24) is 4.98 Å². The van der Waals surface area contributed by atoms with Crippen molar-refractivity contribution in [2.75, 3.05) is 22.9 Å². The molecule has 0 atom stereocenters. The third-order valence-electron chi connectivity index (χ3n) is 8.79. The maximum Gasteiger partial charge on any atom is 0.348 e. The molecule has 2 aromatic heterocycles. The lowest BCUT2D eigenvalue weighted by atomic mass is 9.81. The number of carboxylic acids is 1. The Morgan fingerprint density at radius 1 is 1.07 bits per heavy atom. The van der Waals surface area contributed by atoms with Crippen molar-refractivity contribution >= 4 is 34.7 Å². The molecular weight excluding hydrogens is 546 g/mol. The van der Waals surface area contributed by atoms with Crippen LogP contribution in [0.15, 0.2) is 24.4 Å². The van der Waals surface area contributed by atoms with Crippen molar-refractivity contribution in [3.8, 4) is 17.6 Å². The number of hydrogen-bond donors (Lipinski definition) is 1. The Hall–Kier alpha value is -3.05. The van der Waals surface area contributed by atoms with Crippen LogP contribution < -0.4 is 14.5 Å². The Morgan fingerprint density at radius 2 is 1.76 bits per heavy atom. The minimum Gasteiger partial charge on any atom is -0.487 e. The maximum atomic E-state index is 14.2. The number of ether oxygens (including phenoxy) is 1. The van der Waals surface area contributed by atoms with Crippen LogP contribution in [-0.2, 0) is 4.79 Å². The van der Waals surface area contributed by atoms with E-state index in [1.165, 1.54) is 24.2 Å². The number of rotatable bonds is 7. The number of hydrogen-bond acceptors (Lipinski definition) is 6. The molecule has 3 heterocycles. The fourth-order valence-electron chi connectivity index (χ4n) is 6.46. The quantitative estimate of drug-likeness (QED) is 0.338. The van der Waals surface area contributed by atoms with E-state index in [1.807, 2.05) is 50.1 Å². The van der Waals surface area contributed by atoms with Gasteiger partial charge in [-0.3, -0.25) is 4.79 Å². The highest BCUT2D eigenvalue weighted by Crippen LogP contribution is 2.40. The predicted octanol–water partition coefficient (Wildman–Crippen LogP) is 7.39. The largest absolute Gasteiger partial charge is 0.487 e. The molecule has 0 unspecified atom stereocenters. The second kappa shape index (κ2) is 13.1. The van der Waals surface area contributed by atoms with Gasteiger partial charge in [-0.15, -0.1) is 11.3 Å². The van der Waals surface area contributed by atoms with Crippen LogP contribution in [0.2, 0.25) is 0 Å². The average Bonchev–Trinajstić information content (AvgIpc) is 3.64. The topological polar surface area (TPSA) is 83.0 Å². The monoisotopic (exact) mass is 591 g/mol. The van der Waals surface area contributed by atoms with Crippen LogP contribution in [0.4, 0.5) is 11.5 Å². The summed E-state index contributed by atoms with van der Waals surface area (Å²) in [5, 5.41) is 10.2. The molecule has 1 N–H and O–H groups in total. The van der Waals surface area contributed by atoms with Crippen LogP contribution >= 0.6 is 11.3 Å². The highest BCUT2D eigenvalue weighted by Gasteiger charge is 2.38. The number of nitrogens with zero attached hydrogens (tertiary/aromatic N) is 3. The van der Waals surface area contributed by atoms with Crippen molar-refractivity contribution in [3.63, 3.8) is 0 Å². The molecule has 2 aromatic rings. The zero-order valence-corrected chi connectivity index (χ0v) is 26.3. The van der Waals surface area contributed by atoms with Crippen LogP contribution in [0, 0.1) is 29.1 Å². The van der Waals surface area contributed by atoms with Gasteiger partial charge in [-0.2, -0.15) is 0 Å². The van der Waals surface area contributed by atoms with E-state index in [9.17, 15) is 14.7 Å². The third-order valence-corrected chi connectivity index (χ3v) is 9.82. The summed E-state index contributed by atoms with van der Waals surface area (Å²) < 4.78 is 6.53. The van der Waals surface area contributed by atoms with Crippen molar-refractivity contribution in [3.05, 3.63) is 34.2 Å². The number of carbonyl (C=O) groups excluding carboxylic acids is 1. The van der Waals surface area contributed by atoms with E-state index in [4.69, 9.17) is 4.74 Å². The molecule has 226 valence electrons. The standard InChI is InChI=1S/C34H45N3O4S/c1-23-9-11-24(12-10-23)32(38)37(28-22-27(17-18-34(2,3)4)42-30(28)33(39)40)25-13-15-26(16-14-25)41-29-8-7-19-35-31(29)36-20-5-6-21-36/h7-8,19,22-26H,5-6,9-16,20-21H2,1-4H3,(H,39,40). The first kappa shape index (κ1) is 30.4. The first-order valence-corrected chi connectivity index (χ1v) is 16.5. The average molecular weight is 592 g/mol. The van der Waals surface area contributed by atoms with E-state index >= 15 is 0 Å². The van der Waals surface area contributed by atoms with Gasteiger partial charge in [0.2, 0.25) is 5.91 Å². The van der Waals surface area contributed by atoms with Gasteiger partial charge in [-0.05, 0) is 109 Å². The third kappa shape index (κ3) is 7.29. The molecule has 2 aliphatic carbocycles. The van der Waals surface area contributed by atoms with Gasteiger partial charge in [-0.25, -0.2) is 9.78 Å². The molecule has 2 saturated carbocycles. The molecular formula is C34H45N3O4S.